The first kappa shape index (κ1) is 13.9. The number of phenols is 2. The highest BCUT2D eigenvalue weighted by atomic mass is 16.3. The van der Waals surface area contributed by atoms with Gasteiger partial charge in [0.2, 0.25) is 0 Å². The van der Waals surface area contributed by atoms with Crippen molar-refractivity contribution in [1.29, 1.82) is 0 Å². The Morgan fingerprint density at radius 3 is 2.68 bits per heavy atom. The van der Waals surface area contributed by atoms with Crippen LogP contribution in [0.1, 0.15) is 42.7 Å². The molecule has 19 heavy (non-hydrogen) atoms. The SMILES string of the molecule is CN(C)Cc1c(C2CCCC(=O)C2)ccc(O)c1O. The zero-order valence-electron chi connectivity index (χ0n) is 11.5. The molecule has 1 saturated carbocycles. The van der Waals surface area contributed by atoms with Crippen molar-refractivity contribution in [3.63, 3.8) is 0 Å². The summed E-state index contributed by atoms with van der Waals surface area (Å²) < 4.78 is 0. The molecule has 1 atom stereocenters. The van der Waals surface area contributed by atoms with Crippen LogP contribution in [0.15, 0.2) is 12.1 Å². The van der Waals surface area contributed by atoms with Crippen molar-refractivity contribution < 1.29 is 15.0 Å². The van der Waals surface area contributed by atoms with Crippen LogP contribution in [0, 0.1) is 0 Å². The summed E-state index contributed by atoms with van der Waals surface area (Å²) in [5.74, 6) is 0.314. The van der Waals surface area contributed by atoms with Crippen molar-refractivity contribution in [1.82, 2.24) is 4.90 Å². The number of Topliss-reactive ketones (excluding diaryl/α,β-unsaturated/α-hetero) is 1. The molecule has 2 rings (SSSR count). The average molecular weight is 263 g/mol. The molecule has 1 aliphatic rings. The Bertz CT molecular complexity index is 483. The maximum atomic E-state index is 11.6. The van der Waals surface area contributed by atoms with E-state index in [2.05, 4.69) is 0 Å². The van der Waals surface area contributed by atoms with Gasteiger partial charge in [-0.25, -0.2) is 0 Å². The maximum absolute atomic E-state index is 11.6. The van der Waals surface area contributed by atoms with Crippen LogP contribution < -0.4 is 0 Å². The Morgan fingerprint density at radius 2 is 2.05 bits per heavy atom. The number of aromatic hydroxyl groups is 2. The van der Waals surface area contributed by atoms with Crippen molar-refractivity contribution in [3.8, 4) is 11.5 Å². The highest BCUT2D eigenvalue weighted by molar-refractivity contribution is 5.80. The van der Waals surface area contributed by atoms with Gasteiger partial charge in [-0.1, -0.05) is 6.07 Å². The van der Waals surface area contributed by atoms with Gasteiger partial charge in [0.15, 0.2) is 11.5 Å². The first-order valence-electron chi connectivity index (χ1n) is 6.69. The van der Waals surface area contributed by atoms with E-state index in [1.54, 1.807) is 0 Å². The van der Waals surface area contributed by atoms with Crippen LogP contribution >= 0.6 is 0 Å². The lowest BCUT2D eigenvalue weighted by Crippen LogP contribution is -2.18. The third kappa shape index (κ3) is 3.07. The van der Waals surface area contributed by atoms with Crippen molar-refractivity contribution in [2.45, 2.75) is 38.1 Å². The Kier molecular flexibility index (Phi) is 4.10. The zero-order valence-corrected chi connectivity index (χ0v) is 11.5. The van der Waals surface area contributed by atoms with Crippen molar-refractivity contribution in [2.24, 2.45) is 0 Å². The van der Waals surface area contributed by atoms with E-state index in [0.717, 1.165) is 24.0 Å². The Labute approximate surface area is 113 Å². The molecule has 0 bridgehead atoms. The van der Waals surface area contributed by atoms with Gasteiger partial charge in [-0.15, -0.1) is 0 Å². The molecule has 0 saturated heterocycles. The molecule has 0 amide bonds. The number of rotatable bonds is 3. The van der Waals surface area contributed by atoms with Crippen molar-refractivity contribution >= 4 is 5.78 Å². The molecule has 0 heterocycles. The summed E-state index contributed by atoms with van der Waals surface area (Å²) in [7, 11) is 3.83. The van der Waals surface area contributed by atoms with E-state index >= 15 is 0 Å². The molecule has 0 spiro atoms. The molecule has 1 aromatic rings. The van der Waals surface area contributed by atoms with Crippen LogP contribution in [0.3, 0.4) is 0 Å². The number of carbonyl (C=O) groups excluding carboxylic acids is 1. The molecule has 1 fully saturated rings. The number of benzene rings is 1. The van der Waals surface area contributed by atoms with Gasteiger partial charge in [0.05, 0.1) is 0 Å². The Hall–Kier alpha value is -1.55. The Balaban J connectivity index is 2.38. The van der Waals surface area contributed by atoms with Crippen LogP contribution in [-0.4, -0.2) is 35.0 Å². The van der Waals surface area contributed by atoms with Crippen LogP contribution in [-0.2, 0) is 11.3 Å². The smallest absolute Gasteiger partial charge is 0.162 e. The molecule has 1 aliphatic carbocycles. The molecular weight excluding hydrogens is 242 g/mol. The summed E-state index contributed by atoms with van der Waals surface area (Å²) in [6.45, 7) is 0.556. The number of ketones is 1. The maximum Gasteiger partial charge on any atom is 0.162 e. The van der Waals surface area contributed by atoms with Gasteiger partial charge in [-0.3, -0.25) is 4.79 Å². The number of carbonyl (C=O) groups is 1. The second-order valence-corrected chi connectivity index (χ2v) is 5.57. The molecule has 104 valence electrons. The molecular formula is C15H21NO3. The van der Waals surface area contributed by atoms with E-state index in [4.69, 9.17) is 0 Å². The van der Waals surface area contributed by atoms with Crippen LogP contribution in [0.2, 0.25) is 0 Å². The second-order valence-electron chi connectivity index (χ2n) is 5.57. The first-order chi connectivity index (χ1) is 8.99. The molecule has 0 aromatic heterocycles. The monoisotopic (exact) mass is 263 g/mol. The van der Waals surface area contributed by atoms with Gasteiger partial charge in [0.25, 0.3) is 0 Å². The van der Waals surface area contributed by atoms with Gasteiger partial charge >= 0.3 is 0 Å². The van der Waals surface area contributed by atoms with Crippen molar-refractivity contribution in [2.75, 3.05) is 14.1 Å². The summed E-state index contributed by atoms with van der Waals surface area (Å²) >= 11 is 0. The lowest BCUT2D eigenvalue weighted by Gasteiger charge is -2.25. The summed E-state index contributed by atoms with van der Waals surface area (Å²) in [6, 6.07) is 3.36. The van der Waals surface area contributed by atoms with Gasteiger partial charge in [0, 0.05) is 24.9 Å². The van der Waals surface area contributed by atoms with Crippen LogP contribution in [0.4, 0.5) is 0 Å². The number of hydrogen-bond acceptors (Lipinski definition) is 4. The highest BCUT2D eigenvalue weighted by Crippen LogP contribution is 2.39. The first-order valence-corrected chi connectivity index (χ1v) is 6.69. The minimum absolute atomic E-state index is 0.0516. The average Bonchev–Trinajstić information content (AvgIpc) is 2.35. The number of nitrogens with zero attached hydrogens (tertiary/aromatic N) is 1. The van der Waals surface area contributed by atoms with E-state index in [1.807, 2.05) is 25.1 Å². The van der Waals surface area contributed by atoms with E-state index in [9.17, 15) is 15.0 Å². The fourth-order valence-electron chi connectivity index (χ4n) is 2.79. The molecule has 1 unspecified atom stereocenters. The van der Waals surface area contributed by atoms with E-state index < -0.39 is 0 Å². The normalized spacial score (nSPS) is 19.9. The van der Waals surface area contributed by atoms with Gasteiger partial charge < -0.3 is 15.1 Å². The summed E-state index contributed by atoms with van der Waals surface area (Å²) in [4.78, 5) is 13.6. The molecule has 1 aromatic carbocycles. The highest BCUT2D eigenvalue weighted by Gasteiger charge is 2.25. The molecule has 0 radical (unpaired) electrons. The standard InChI is InChI=1S/C15H21NO3/c1-16(2)9-13-12(6-7-14(18)15(13)19)10-4-3-5-11(17)8-10/h6-7,10,18-19H,3-5,8-9H2,1-2H3. The fraction of sp³-hybridized carbons (Fsp3) is 0.533. The van der Waals surface area contributed by atoms with Gasteiger partial charge in [-0.2, -0.15) is 0 Å². The number of hydrogen-bond donors (Lipinski definition) is 2. The molecule has 4 heteroatoms. The quantitative estimate of drug-likeness (QED) is 0.822. The second kappa shape index (κ2) is 5.61. The minimum Gasteiger partial charge on any atom is -0.504 e. The lowest BCUT2D eigenvalue weighted by atomic mass is 9.81. The third-order valence-electron chi connectivity index (χ3n) is 3.69. The largest absolute Gasteiger partial charge is 0.504 e. The Morgan fingerprint density at radius 1 is 1.32 bits per heavy atom. The lowest BCUT2D eigenvalue weighted by molar-refractivity contribution is -0.120. The topological polar surface area (TPSA) is 60.8 Å². The molecule has 2 N–H and O–H groups in total. The summed E-state index contributed by atoms with van der Waals surface area (Å²) in [5.41, 5.74) is 1.74. The minimum atomic E-state index is -0.0947. The molecule has 0 aliphatic heterocycles. The van der Waals surface area contributed by atoms with Crippen LogP contribution in [0.5, 0.6) is 11.5 Å². The fourth-order valence-corrected chi connectivity index (χ4v) is 2.79. The van der Waals surface area contributed by atoms with E-state index in [0.29, 0.717) is 25.2 Å². The van der Waals surface area contributed by atoms with E-state index in [1.165, 1.54) is 6.07 Å². The predicted molar refractivity (Wildman–Crippen MR) is 73.4 cm³/mol. The molecule has 4 nitrogen and oxygen atoms in total. The zero-order chi connectivity index (χ0) is 14.0. The summed E-state index contributed by atoms with van der Waals surface area (Å²) in [6.07, 6.45) is 3.09. The van der Waals surface area contributed by atoms with Crippen LogP contribution in [0.25, 0.3) is 0 Å². The predicted octanol–water partition coefficient (Wildman–Crippen LogP) is 2.39. The summed E-state index contributed by atoms with van der Waals surface area (Å²) in [5, 5.41) is 19.7. The van der Waals surface area contributed by atoms with Gasteiger partial charge in [0.1, 0.15) is 5.78 Å². The number of phenolic OH excluding ortho intramolecular Hbond substituents is 2. The van der Waals surface area contributed by atoms with Gasteiger partial charge in [-0.05, 0) is 44.5 Å². The third-order valence-corrected chi connectivity index (χ3v) is 3.69. The van der Waals surface area contributed by atoms with Crippen molar-refractivity contribution in [3.05, 3.63) is 23.3 Å². The van der Waals surface area contributed by atoms with E-state index in [-0.39, 0.29) is 17.4 Å².